The first kappa shape index (κ1) is 28.7. The van der Waals surface area contributed by atoms with Gasteiger partial charge < -0.3 is 19.9 Å². The van der Waals surface area contributed by atoms with Crippen molar-refractivity contribution in [3.63, 3.8) is 0 Å². The smallest absolute Gasteiger partial charge is 0.303 e. The van der Waals surface area contributed by atoms with Crippen LogP contribution in [0.4, 0.5) is 8.78 Å². The molecule has 1 heterocycles. The maximum atomic E-state index is 13.5. The van der Waals surface area contributed by atoms with Crippen LogP contribution < -0.4 is 10.0 Å². The quantitative estimate of drug-likeness (QED) is 0.451. The molecule has 1 aliphatic rings. The van der Waals surface area contributed by atoms with E-state index in [1.807, 2.05) is 30.3 Å². The Morgan fingerprint density at radius 3 is 1.84 bits per heavy atom. The molecule has 0 amide bonds. The molecular weight excluding hydrogens is 490 g/mol. The zero-order valence-corrected chi connectivity index (χ0v) is 21.1. The SMILES string of the molecule is Fc1ccc(C(c2ccc(F)cc2)N2CC[NH+](C/C=C/c3ccccc3)CC2)cc1.O=C([O-])CCC(=O)O. The van der Waals surface area contributed by atoms with E-state index in [4.69, 9.17) is 5.11 Å². The Morgan fingerprint density at radius 2 is 1.39 bits per heavy atom. The fraction of sp³-hybridized carbons (Fsp3) is 0.267. The van der Waals surface area contributed by atoms with Crippen molar-refractivity contribution in [1.29, 1.82) is 0 Å². The molecule has 1 saturated heterocycles. The summed E-state index contributed by atoms with van der Waals surface area (Å²) < 4.78 is 26.9. The number of quaternary nitrogens is 1. The molecular formula is C30H32F2N2O4. The molecule has 3 aromatic carbocycles. The van der Waals surface area contributed by atoms with Crippen molar-refractivity contribution in [2.75, 3.05) is 32.7 Å². The van der Waals surface area contributed by atoms with E-state index in [2.05, 4.69) is 41.3 Å². The topological polar surface area (TPSA) is 85.1 Å². The van der Waals surface area contributed by atoms with Gasteiger partial charge in [0.15, 0.2) is 0 Å². The average molecular weight is 523 g/mol. The van der Waals surface area contributed by atoms with E-state index in [9.17, 15) is 23.5 Å². The molecule has 0 aliphatic carbocycles. The van der Waals surface area contributed by atoms with Gasteiger partial charge >= 0.3 is 5.97 Å². The fourth-order valence-electron chi connectivity index (χ4n) is 4.34. The van der Waals surface area contributed by atoms with Gasteiger partial charge in [-0.1, -0.05) is 60.7 Å². The first-order valence-electron chi connectivity index (χ1n) is 12.5. The van der Waals surface area contributed by atoms with Crippen LogP contribution in [0, 0.1) is 11.6 Å². The van der Waals surface area contributed by atoms with Gasteiger partial charge in [-0.3, -0.25) is 9.69 Å². The zero-order chi connectivity index (χ0) is 27.3. The average Bonchev–Trinajstić information content (AvgIpc) is 2.92. The number of nitrogens with one attached hydrogen (secondary N) is 1. The van der Waals surface area contributed by atoms with Crippen LogP contribution in [0.1, 0.15) is 35.6 Å². The molecule has 0 aromatic heterocycles. The fourth-order valence-corrected chi connectivity index (χ4v) is 4.34. The summed E-state index contributed by atoms with van der Waals surface area (Å²) in [7, 11) is 0. The number of carbonyl (C=O) groups is 2. The first-order valence-corrected chi connectivity index (χ1v) is 12.5. The van der Waals surface area contributed by atoms with Gasteiger partial charge in [-0.2, -0.15) is 0 Å². The van der Waals surface area contributed by atoms with Crippen molar-refractivity contribution in [3.8, 4) is 0 Å². The minimum Gasteiger partial charge on any atom is -0.550 e. The lowest BCUT2D eigenvalue weighted by molar-refractivity contribution is -0.898. The van der Waals surface area contributed by atoms with E-state index in [1.54, 1.807) is 4.90 Å². The Balaban J connectivity index is 0.000000436. The predicted molar refractivity (Wildman–Crippen MR) is 139 cm³/mol. The molecule has 1 fully saturated rings. The molecule has 38 heavy (non-hydrogen) atoms. The van der Waals surface area contributed by atoms with Gasteiger partial charge in [-0.05, 0) is 53.5 Å². The highest BCUT2D eigenvalue weighted by molar-refractivity contribution is 5.74. The van der Waals surface area contributed by atoms with E-state index in [0.29, 0.717) is 0 Å². The van der Waals surface area contributed by atoms with Gasteiger partial charge in [0.25, 0.3) is 0 Å². The van der Waals surface area contributed by atoms with E-state index >= 15 is 0 Å². The molecule has 6 nitrogen and oxygen atoms in total. The van der Waals surface area contributed by atoms with Crippen LogP contribution in [0.25, 0.3) is 6.08 Å². The predicted octanol–water partition coefficient (Wildman–Crippen LogP) is 2.57. The second-order valence-electron chi connectivity index (χ2n) is 9.07. The minimum absolute atomic E-state index is 0.00705. The monoisotopic (exact) mass is 522 g/mol. The number of benzene rings is 3. The Morgan fingerprint density at radius 1 is 0.868 bits per heavy atom. The van der Waals surface area contributed by atoms with Crippen LogP contribution in [0.5, 0.6) is 0 Å². The van der Waals surface area contributed by atoms with Crippen molar-refractivity contribution in [2.45, 2.75) is 18.9 Å². The molecule has 4 rings (SSSR count). The number of carboxylic acids is 2. The maximum absolute atomic E-state index is 13.5. The Hall–Kier alpha value is -3.88. The van der Waals surface area contributed by atoms with Crippen molar-refractivity contribution in [1.82, 2.24) is 4.90 Å². The number of carboxylic acid groups (broad SMARTS) is 2. The van der Waals surface area contributed by atoms with E-state index < -0.39 is 18.4 Å². The third kappa shape index (κ3) is 9.53. The number of halogens is 2. The molecule has 200 valence electrons. The van der Waals surface area contributed by atoms with Crippen LogP contribution in [-0.2, 0) is 9.59 Å². The minimum atomic E-state index is -1.33. The Bertz CT molecular complexity index is 1120. The Labute approximate surface area is 221 Å². The highest BCUT2D eigenvalue weighted by Crippen LogP contribution is 2.29. The second-order valence-corrected chi connectivity index (χ2v) is 9.07. The highest BCUT2D eigenvalue weighted by atomic mass is 19.1. The lowest BCUT2D eigenvalue weighted by Crippen LogP contribution is -3.14. The molecule has 0 bridgehead atoms. The summed E-state index contributed by atoms with van der Waals surface area (Å²) in [6, 6.07) is 23.7. The van der Waals surface area contributed by atoms with Crippen LogP contribution in [0.3, 0.4) is 0 Å². The summed E-state index contributed by atoms with van der Waals surface area (Å²) in [6.45, 7) is 4.96. The summed E-state index contributed by atoms with van der Waals surface area (Å²) in [4.78, 5) is 23.1. The zero-order valence-electron chi connectivity index (χ0n) is 21.1. The van der Waals surface area contributed by atoms with E-state index in [-0.39, 0.29) is 24.1 Å². The van der Waals surface area contributed by atoms with Crippen LogP contribution in [-0.4, -0.2) is 54.7 Å². The summed E-state index contributed by atoms with van der Waals surface area (Å²) in [5, 5.41) is 17.4. The van der Waals surface area contributed by atoms with Gasteiger partial charge in [0.1, 0.15) is 11.6 Å². The van der Waals surface area contributed by atoms with E-state index in [1.165, 1.54) is 29.8 Å². The lowest BCUT2D eigenvalue weighted by Gasteiger charge is -2.37. The summed E-state index contributed by atoms with van der Waals surface area (Å²) >= 11 is 0. The summed E-state index contributed by atoms with van der Waals surface area (Å²) in [5.41, 5.74) is 3.30. The van der Waals surface area contributed by atoms with Crippen molar-refractivity contribution >= 4 is 18.0 Å². The summed E-state index contributed by atoms with van der Waals surface area (Å²) in [6.07, 6.45) is 3.66. The standard InChI is InChI=1S/C26H26F2N2.C4H6O4/c27-24-12-8-22(9-13-24)26(23-10-14-25(28)15-11-23)30-19-17-29(18-20-30)16-4-7-21-5-2-1-3-6-21;5-3(6)1-2-4(7)8/h1-15,26H,16-20H2;1-2H2,(H,5,6)(H,7,8)/b7-4+;. The molecule has 0 unspecified atom stereocenters. The third-order valence-electron chi connectivity index (χ3n) is 6.30. The normalized spacial score (nSPS) is 14.3. The molecule has 0 atom stereocenters. The number of piperazine rings is 1. The van der Waals surface area contributed by atoms with Crippen molar-refractivity contribution in [2.24, 2.45) is 0 Å². The van der Waals surface area contributed by atoms with Crippen LogP contribution in [0.2, 0.25) is 0 Å². The van der Waals surface area contributed by atoms with E-state index in [0.717, 1.165) is 43.9 Å². The largest absolute Gasteiger partial charge is 0.550 e. The molecule has 2 N–H and O–H groups in total. The maximum Gasteiger partial charge on any atom is 0.303 e. The van der Waals surface area contributed by atoms with Gasteiger partial charge in [-0.15, -0.1) is 0 Å². The van der Waals surface area contributed by atoms with Gasteiger partial charge in [0.2, 0.25) is 0 Å². The first-order chi connectivity index (χ1) is 18.3. The number of aliphatic carboxylic acids is 2. The van der Waals surface area contributed by atoms with Crippen molar-refractivity contribution in [3.05, 3.63) is 113 Å². The number of hydrogen-bond acceptors (Lipinski definition) is 4. The second kappa shape index (κ2) is 14.8. The summed E-state index contributed by atoms with van der Waals surface area (Å²) in [5.74, 6) is -2.92. The van der Waals surface area contributed by atoms with Crippen molar-refractivity contribution < 1.29 is 33.5 Å². The van der Waals surface area contributed by atoms with Gasteiger partial charge in [0, 0.05) is 19.1 Å². The lowest BCUT2D eigenvalue weighted by atomic mass is 9.96. The Kier molecular flexibility index (Phi) is 11.1. The molecule has 3 aromatic rings. The van der Waals surface area contributed by atoms with Crippen LogP contribution >= 0.6 is 0 Å². The molecule has 8 heteroatoms. The molecule has 0 radical (unpaired) electrons. The molecule has 1 aliphatic heterocycles. The van der Waals surface area contributed by atoms with Gasteiger partial charge in [-0.25, -0.2) is 8.78 Å². The number of nitrogens with zero attached hydrogens (tertiary/aromatic N) is 1. The molecule has 0 saturated carbocycles. The highest BCUT2D eigenvalue weighted by Gasteiger charge is 2.28. The van der Waals surface area contributed by atoms with Gasteiger partial charge in [0.05, 0.1) is 32.1 Å². The van der Waals surface area contributed by atoms with Crippen LogP contribution in [0.15, 0.2) is 84.9 Å². The third-order valence-corrected chi connectivity index (χ3v) is 6.30. The number of hydrogen-bond donors (Lipinski definition) is 2. The molecule has 0 spiro atoms. The number of rotatable bonds is 9. The number of carbonyl (C=O) groups excluding carboxylic acids is 1.